The smallest absolute Gasteiger partial charge is 0.263 e. The van der Waals surface area contributed by atoms with Gasteiger partial charge in [-0.2, -0.15) is 4.57 Å². The van der Waals surface area contributed by atoms with E-state index < -0.39 is 10.1 Å². The maximum Gasteiger partial charge on any atom is 0.263 e. The van der Waals surface area contributed by atoms with Gasteiger partial charge < -0.3 is 9.45 Å². The molecule has 0 unspecified atom stereocenters. The standard InChI is InChI=1S/C25H26Cl2N2O3S3/c1-3-17(13-24-28(4-2)20-15-18(26)7-9-22(20)33-24)14-25-29(11-5-6-12-35(30,31)32)21-16-19(27)8-10-23(21)34-25/h7-10,13-16H,3-6,11-12H2,1-2H3. The lowest BCUT2D eigenvalue weighted by Gasteiger charge is -2.18. The molecule has 2 aromatic carbocycles. The molecule has 0 spiro atoms. The summed E-state index contributed by atoms with van der Waals surface area (Å²) in [5.41, 5.74) is 3.32. The van der Waals surface area contributed by atoms with E-state index in [1.165, 1.54) is 10.5 Å². The number of unbranched alkanes of at least 4 members (excludes halogenated alkanes) is 1. The number of benzene rings is 2. The van der Waals surface area contributed by atoms with Crippen LogP contribution in [0.5, 0.6) is 0 Å². The van der Waals surface area contributed by atoms with Crippen molar-refractivity contribution >= 4 is 78.4 Å². The molecule has 5 nitrogen and oxygen atoms in total. The van der Waals surface area contributed by atoms with Crippen molar-refractivity contribution in [3.05, 3.63) is 68.1 Å². The number of hydrogen-bond donors (Lipinski definition) is 0. The molecule has 1 aliphatic heterocycles. The molecule has 0 amide bonds. The Morgan fingerprint density at radius 1 is 1.11 bits per heavy atom. The quantitative estimate of drug-likeness (QED) is 0.156. The lowest BCUT2D eigenvalue weighted by atomic mass is 10.2. The Balaban J connectivity index is 1.68. The Bertz CT molecular complexity index is 1410. The Labute approximate surface area is 224 Å². The molecule has 4 rings (SSSR count). The second-order valence-corrected chi connectivity index (χ2v) is 12.7. The SMILES string of the molecule is CCC(/C=C1\Sc2ccc(Cl)cc2N1CC)=C\c1sc2ccc(Cl)cc2[n+]1CCCCS(=O)(=O)[O-]. The minimum absolute atomic E-state index is 0.327. The highest BCUT2D eigenvalue weighted by Gasteiger charge is 2.25. The van der Waals surface area contributed by atoms with E-state index in [-0.39, 0.29) is 5.75 Å². The summed E-state index contributed by atoms with van der Waals surface area (Å²) in [5.74, 6) is -0.345. The molecule has 10 heteroatoms. The molecule has 186 valence electrons. The molecular formula is C25H26Cl2N2O3S3. The zero-order valence-corrected chi connectivity index (χ0v) is 23.4. The number of hydrogen-bond acceptors (Lipinski definition) is 6. The number of thiazole rings is 1. The van der Waals surface area contributed by atoms with E-state index >= 15 is 0 Å². The second-order valence-electron chi connectivity index (χ2n) is 8.19. The number of allylic oxidation sites excluding steroid dienone is 2. The van der Waals surface area contributed by atoms with Gasteiger partial charge in [0.1, 0.15) is 4.70 Å². The van der Waals surface area contributed by atoms with Gasteiger partial charge >= 0.3 is 0 Å². The van der Waals surface area contributed by atoms with E-state index in [0.29, 0.717) is 24.4 Å². The van der Waals surface area contributed by atoms with Crippen molar-refractivity contribution in [2.75, 3.05) is 17.2 Å². The minimum Gasteiger partial charge on any atom is -0.748 e. The largest absolute Gasteiger partial charge is 0.748 e. The van der Waals surface area contributed by atoms with E-state index in [2.05, 4.69) is 41.5 Å². The Morgan fingerprint density at radius 2 is 1.86 bits per heavy atom. The third-order valence-electron chi connectivity index (χ3n) is 5.75. The minimum atomic E-state index is -4.21. The first kappa shape index (κ1) is 26.5. The lowest BCUT2D eigenvalue weighted by Crippen LogP contribution is -2.35. The summed E-state index contributed by atoms with van der Waals surface area (Å²) in [7, 11) is -4.21. The van der Waals surface area contributed by atoms with Crippen LogP contribution in [0.4, 0.5) is 5.69 Å². The molecule has 0 N–H and O–H groups in total. The average Bonchev–Trinajstić information content (AvgIpc) is 3.31. The lowest BCUT2D eigenvalue weighted by molar-refractivity contribution is -0.669. The van der Waals surface area contributed by atoms with Crippen LogP contribution in [0.15, 0.2) is 58.0 Å². The predicted octanol–water partition coefficient (Wildman–Crippen LogP) is 7.09. The van der Waals surface area contributed by atoms with Crippen LogP contribution in [-0.2, 0) is 16.7 Å². The van der Waals surface area contributed by atoms with Crippen molar-refractivity contribution in [1.29, 1.82) is 0 Å². The van der Waals surface area contributed by atoms with Crippen LogP contribution in [0, 0.1) is 0 Å². The monoisotopic (exact) mass is 568 g/mol. The van der Waals surface area contributed by atoms with Crippen LogP contribution in [0.2, 0.25) is 10.0 Å². The Hall–Kier alpha value is -1.55. The third-order valence-corrected chi connectivity index (χ3v) is 9.24. The number of fused-ring (bicyclic) bond motifs is 2. The molecule has 0 saturated carbocycles. The van der Waals surface area contributed by atoms with Crippen molar-refractivity contribution in [2.45, 2.75) is 44.6 Å². The Morgan fingerprint density at radius 3 is 2.57 bits per heavy atom. The van der Waals surface area contributed by atoms with Crippen molar-refractivity contribution in [3.8, 4) is 0 Å². The van der Waals surface area contributed by atoms with Gasteiger partial charge in [-0.25, -0.2) is 8.42 Å². The van der Waals surface area contributed by atoms with Crippen LogP contribution in [0.25, 0.3) is 16.3 Å². The van der Waals surface area contributed by atoms with Crippen molar-refractivity contribution in [2.24, 2.45) is 0 Å². The van der Waals surface area contributed by atoms with Gasteiger partial charge in [-0.3, -0.25) is 0 Å². The predicted molar refractivity (Wildman–Crippen MR) is 148 cm³/mol. The highest BCUT2D eigenvalue weighted by molar-refractivity contribution is 8.03. The number of anilines is 1. The summed E-state index contributed by atoms with van der Waals surface area (Å²) in [6, 6.07) is 11.8. The first-order chi connectivity index (χ1) is 16.7. The average molecular weight is 570 g/mol. The van der Waals surface area contributed by atoms with Crippen LogP contribution in [-0.4, -0.2) is 25.3 Å². The van der Waals surface area contributed by atoms with Gasteiger partial charge in [-0.05, 0) is 61.7 Å². The van der Waals surface area contributed by atoms with Crippen LogP contribution in [0.3, 0.4) is 0 Å². The topological polar surface area (TPSA) is 64.3 Å². The van der Waals surface area contributed by atoms with Crippen molar-refractivity contribution in [3.63, 3.8) is 0 Å². The molecule has 0 fully saturated rings. The van der Waals surface area contributed by atoms with Crippen LogP contribution < -0.4 is 9.47 Å². The van der Waals surface area contributed by atoms with Gasteiger partial charge in [0.25, 0.3) is 5.01 Å². The highest BCUT2D eigenvalue weighted by atomic mass is 35.5. The van der Waals surface area contributed by atoms with E-state index in [9.17, 15) is 13.0 Å². The molecule has 3 aromatic rings. The molecule has 1 aliphatic rings. The number of halogens is 2. The molecule has 0 saturated heterocycles. The highest BCUT2D eigenvalue weighted by Crippen LogP contribution is 2.47. The van der Waals surface area contributed by atoms with Gasteiger partial charge in [0.05, 0.1) is 20.8 Å². The van der Waals surface area contributed by atoms with E-state index in [0.717, 1.165) is 43.9 Å². The van der Waals surface area contributed by atoms with E-state index in [1.807, 2.05) is 30.3 Å². The molecule has 1 aromatic heterocycles. The summed E-state index contributed by atoms with van der Waals surface area (Å²) < 4.78 is 36.3. The number of aryl methyl sites for hydroxylation is 1. The van der Waals surface area contributed by atoms with Gasteiger partial charge in [0, 0.05) is 45.8 Å². The fourth-order valence-corrected chi connectivity index (χ4v) is 7.25. The molecular weight excluding hydrogens is 543 g/mol. The molecule has 0 aliphatic carbocycles. The van der Waals surface area contributed by atoms with E-state index in [1.54, 1.807) is 23.1 Å². The maximum atomic E-state index is 11.0. The number of aromatic nitrogens is 1. The normalized spacial score (nSPS) is 15.4. The first-order valence-corrected chi connectivity index (χ1v) is 15.4. The summed E-state index contributed by atoms with van der Waals surface area (Å²) >= 11 is 15.9. The summed E-state index contributed by atoms with van der Waals surface area (Å²) in [4.78, 5) is 3.47. The first-order valence-electron chi connectivity index (χ1n) is 11.4. The van der Waals surface area contributed by atoms with Gasteiger partial charge in [0.2, 0.25) is 5.52 Å². The van der Waals surface area contributed by atoms with Gasteiger partial charge in [-0.15, -0.1) is 0 Å². The van der Waals surface area contributed by atoms with Gasteiger partial charge in [0.15, 0.2) is 6.54 Å². The van der Waals surface area contributed by atoms with Crippen LogP contribution >= 0.6 is 46.3 Å². The summed E-state index contributed by atoms with van der Waals surface area (Å²) in [6.07, 6.45) is 6.19. The summed E-state index contributed by atoms with van der Waals surface area (Å²) in [5, 5.41) is 3.60. The zero-order chi connectivity index (χ0) is 25.2. The molecule has 35 heavy (non-hydrogen) atoms. The maximum absolute atomic E-state index is 11.0. The van der Waals surface area contributed by atoms with E-state index in [4.69, 9.17) is 23.2 Å². The fraction of sp³-hybridized carbons (Fsp3) is 0.320. The summed E-state index contributed by atoms with van der Waals surface area (Å²) in [6.45, 7) is 5.71. The van der Waals surface area contributed by atoms with Crippen LogP contribution in [0.1, 0.15) is 38.1 Å². The number of rotatable bonds is 9. The van der Waals surface area contributed by atoms with Crippen molar-refractivity contribution < 1.29 is 17.5 Å². The molecule has 0 radical (unpaired) electrons. The van der Waals surface area contributed by atoms with Crippen molar-refractivity contribution in [1.82, 2.24) is 0 Å². The number of thioether (sulfide) groups is 1. The molecule has 0 bridgehead atoms. The third kappa shape index (κ3) is 6.42. The second kappa shape index (κ2) is 11.2. The number of nitrogens with zero attached hydrogens (tertiary/aromatic N) is 2. The zero-order valence-electron chi connectivity index (χ0n) is 19.5. The molecule has 0 atom stereocenters. The molecule has 2 heterocycles. The fourth-order valence-electron chi connectivity index (χ4n) is 4.03. The Kier molecular flexibility index (Phi) is 8.51. The van der Waals surface area contributed by atoms with Gasteiger partial charge in [-0.1, -0.05) is 53.2 Å².